The number of pyridine rings is 1. The molecule has 0 spiro atoms. The Morgan fingerprint density at radius 2 is 1.83 bits per heavy atom. The van der Waals surface area contributed by atoms with Gasteiger partial charge in [0.05, 0.1) is 29.8 Å². The Morgan fingerprint density at radius 3 is 2.57 bits per heavy atom. The van der Waals surface area contributed by atoms with Crippen LogP contribution >= 0.6 is 0 Å². The normalized spacial score (nSPS) is 16.0. The van der Waals surface area contributed by atoms with Crippen molar-refractivity contribution in [2.75, 3.05) is 5.32 Å². The quantitative estimate of drug-likeness (QED) is 0.350. The molecule has 0 bridgehead atoms. The number of aromatic amines is 1. The van der Waals surface area contributed by atoms with E-state index in [1.165, 1.54) is 31.0 Å². The molecule has 182 valence electrons. The first-order valence-corrected chi connectivity index (χ1v) is 11.0. The molecule has 0 radical (unpaired) electrons. The second-order valence-electron chi connectivity index (χ2n) is 8.74. The molecule has 2 N–H and O–H groups in total. The Hall–Kier alpha value is -3.76. The number of fused-ring (bicyclic) bond motifs is 1. The smallest absolute Gasteiger partial charge is 0.275 e. The monoisotopic (exact) mass is 489 g/mol. The van der Waals surface area contributed by atoms with Crippen LogP contribution in [0.5, 0.6) is 0 Å². The fourth-order valence-corrected chi connectivity index (χ4v) is 4.37. The van der Waals surface area contributed by atoms with Crippen LogP contribution in [-0.2, 0) is 6.54 Å². The number of amides is 1. The molecule has 1 aromatic carbocycles. The van der Waals surface area contributed by atoms with Gasteiger partial charge in [0.1, 0.15) is 11.5 Å². The summed E-state index contributed by atoms with van der Waals surface area (Å²) in [7, 11) is 0. The number of hydrogen-bond acceptors (Lipinski definition) is 3. The number of aromatic nitrogens is 4. The van der Waals surface area contributed by atoms with Gasteiger partial charge in [-0.1, -0.05) is 0 Å². The molecule has 1 fully saturated rings. The fourth-order valence-electron chi connectivity index (χ4n) is 4.37. The van der Waals surface area contributed by atoms with Crippen LogP contribution in [0.1, 0.15) is 53.3 Å². The molecule has 0 saturated heterocycles. The van der Waals surface area contributed by atoms with Gasteiger partial charge in [-0.3, -0.25) is 9.78 Å². The van der Waals surface area contributed by atoms with Gasteiger partial charge in [-0.2, -0.15) is 0 Å². The first kappa shape index (κ1) is 23.0. The minimum absolute atomic E-state index is 0.0649. The van der Waals surface area contributed by atoms with Crippen LogP contribution in [-0.4, -0.2) is 31.3 Å². The molecule has 1 saturated carbocycles. The molecule has 1 aliphatic carbocycles. The van der Waals surface area contributed by atoms with Gasteiger partial charge in [-0.05, 0) is 30.5 Å². The van der Waals surface area contributed by atoms with Gasteiger partial charge in [-0.15, -0.1) is 0 Å². The summed E-state index contributed by atoms with van der Waals surface area (Å²) in [5.74, 6) is -6.18. The van der Waals surface area contributed by atoms with Crippen molar-refractivity contribution in [3.8, 4) is 0 Å². The van der Waals surface area contributed by atoms with E-state index in [1.807, 2.05) is 0 Å². The maximum absolute atomic E-state index is 14.7. The highest BCUT2D eigenvalue weighted by molar-refractivity contribution is 6.08. The lowest BCUT2D eigenvalue weighted by atomic mass is 9.84. The van der Waals surface area contributed by atoms with E-state index in [9.17, 15) is 26.7 Å². The van der Waals surface area contributed by atoms with E-state index in [0.717, 1.165) is 12.1 Å². The number of benzene rings is 1. The van der Waals surface area contributed by atoms with E-state index >= 15 is 0 Å². The maximum Gasteiger partial charge on any atom is 0.275 e. The van der Waals surface area contributed by atoms with Crippen LogP contribution in [0, 0.1) is 17.5 Å². The van der Waals surface area contributed by atoms with E-state index < -0.39 is 29.3 Å². The topological polar surface area (TPSA) is 75.6 Å². The molecule has 1 amide bonds. The number of imidazole rings is 1. The predicted molar refractivity (Wildman–Crippen MR) is 118 cm³/mol. The third-order valence-electron chi connectivity index (χ3n) is 6.23. The second kappa shape index (κ2) is 8.79. The molecule has 4 aromatic rings. The molecule has 35 heavy (non-hydrogen) atoms. The Bertz CT molecular complexity index is 1400. The summed E-state index contributed by atoms with van der Waals surface area (Å²) in [6, 6.07) is 3.30. The number of carbonyl (C=O) groups is 1. The molecular weight excluding hydrogens is 469 g/mol. The van der Waals surface area contributed by atoms with E-state index in [4.69, 9.17) is 0 Å². The average molecular weight is 489 g/mol. The Kier molecular flexibility index (Phi) is 5.78. The summed E-state index contributed by atoms with van der Waals surface area (Å²) in [5, 5.41) is 2.91. The number of nitrogens with one attached hydrogen (secondary N) is 2. The highest BCUT2D eigenvalue weighted by atomic mass is 19.3. The van der Waals surface area contributed by atoms with Crippen molar-refractivity contribution < 1.29 is 26.7 Å². The van der Waals surface area contributed by atoms with Crippen LogP contribution in [0.4, 0.5) is 27.6 Å². The summed E-state index contributed by atoms with van der Waals surface area (Å²) in [4.78, 5) is 23.6. The van der Waals surface area contributed by atoms with Gasteiger partial charge in [-0.25, -0.2) is 26.9 Å². The Morgan fingerprint density at radius 1 is 1.09 bits per heavy atom. The molecule has 5 rings (SSSR count). The number of hydrogen-bond donors (Lipinski definition) is 2. The minimum Gasteiger partial charge on any atom is -0.359 e. The first-order valence-electron chi connectivity index (χ1n) is 11.0. The number of alkyl halides is 2. The van der Waals surface area contributed by atoms with Gasteiger partial charge in [0.15, 0.2) is 11.6 Å². The van der Waals surface area contributed by atoms with Crippen LogP contribution in [0.2, 0.25) is 0 Å². The van der Waals surface area contributed by atoms with Crippen molar-refractivity contribution in [2.45, 2.75) is 44.1 Å². The van der Waals surface area contributed by atoms with Gasteiger partial charge in [0.25, 0.3) is 5.91 Å². The first-order chi connectivity index (χ1) is 16.7. The van der Waals surface area contributed by atoms with E-state index in [1.54, 1.807) is 4.57 Å². The summed E-state index contributed by atoms with van der Waals surface area (Å²) in [5.41, 5.74) is 1.37. The summed E-state index contributed by atoms with van der Waals surface area (Å²) >= 11 is 0. The standard InChI is InChI=1S/C24H20F5N5O/c25-16-6-15-19(7-17(16)26)30-9-20(15)33-23(35)21-11-34(12-32-21)10-13-5-18(27)22(31-8-13)14-1-3-24(28,29)4-2-14/h5-9,11-12,14,30H,1-4,10H2,(H,33,35). The van der Waals surface area contributed by atoms with Gasteiger partial charge in [0, 0.05) is 48.8 Å². The largest absolute Gasteiger partial charge is 0.359 e. The van der Waals surface area contributed by atoms with Crippen LogP contribution in [0.25, 0.3) is 10.9 Å². The number of anilines is 1. The molecule has 0 unspecified atom stereocenters. The van der Waals surface area contributed by atoms with Gasteiger partial charge < -0.3 is 14.9 Å². The van der Waals surface area contributed by atoms with Crippen molar-refractivity contribution in [1.29, 1.82) is 0 Å². The molecular formula is C24H20F5N5O. The molecule has 11 heteroatoms. The summed E-state index contributed by atoms with van der Waals surface area (Å²) in [6.07, 6.45) is 5.60. The third-order valence-corrected chi connectivity index (χ3v) is 6.23. The summed E-state index contributed by atoms with van der Waals surface area (Å²) < 4.78 is 70.0. The number of halogens is 5. The zero-order chi connectivity index (χ0) is 24.7. The number of carbonyl (C=O) groups excluding carboxylic acids is 1. The average Bonchev–Trinajstić information content (AvgIpc) is 3.42. The highest BCUT2D eigenvalue weighted by Gasteiger charge is 2.36. The zero-order valence-electron chi connectivity index (χ0n) is 18.3. The number of nitrogens with zero attached hydrogens (tertiary/aromatic N) is 3. The van der Waals surface area contributed by atoms with Crippen molar-refractivity contribution in [2.24, 2.45) is 0 Å². The lowest BCUT2D eigenvalue weighted by molar-refractivity contribution is -0.0387. The van der Waals surface area contributed by atoms with Crippen molar-refractivity contribution in [3.63, 3.8) is 0 Å². The second-order valence-corrected chi connectivity index (χ2v) is 8.74. The molecule has 1 aliphatic rings. The molecule has 3 heterocycles. The fraction of sp³-hybridized carbons (Fsp3) is 0.292. The summed E-state index contributed by atoms with van der Waals surface area (Å²) in [6.45, 7) is 0.185. The van der Waals surface area contributed by atoms with Crippen LogP contribution < -0.4 is 5.32 Å². The van der Waals surface area contributed by atoms with Crippen LogP contribution in [0.15, 0.2) is 43.1 Å². The predicted octanol–water partition coefficient (Wildman–Crippen LogP) is 5.77. The lowest BCUT2D eigenvalue weighted by Crippen LogP contribution is -2.24. The highest BCUT2D eigenvalue weighted by Crippen LogP contribution is 2.41. The molecule has 0 atom stereocenters. The Balaban J connectivity index is 1.26. The van der Waals surface area contributed by atoms with E-state index in [2.05, 4.69) is 20.3 Å². The maximum atomic E-state index is 14.7. The minimum atomic E-state index is -2.69. The zero-order valence-corrected chi connectivity index (χ0v) is 18.3. The van der Waals surface area contributed by atoms with E-state index in [0.29, 0.717) is 16.5 Å². The van der Waals surface area contributed by atoms with Gasteiger partial charge >= 0.3 is 0 Å². The molecule has 3 aromatic heterocycles. The van der Waals surface area contributed by atoms with Crippen molar-refractivity contribution in [3.05, 3.63) is 77.5 Å². The molecule has 6 nitrogen and oxygen atoms in total. The van der Waals surface area contributed by atoms with Crippen molar-refractivity contribution in [1.82, 2.24) is 19.5 Å². The van der Waals surface area contributed by atoms with Gasteiger partial charge in [0.2, 0.25) is 5.92 Å². The van der Waals surface area contributed by atoms with Crippen LogP contribution in [0.3, 0.4) is 0 Å². The molecule has 0 aliphatic heterocycles. The van der Waals surface area contributed by atoms with Crippen molar-refractivity contribution >= 4 is 22.5 Å². The third kappa shape index (κ3) is 4.75. The Labute approximate surface area is 196 Å². The van der Waals surface area contributed by atoms with E-state index in [-0.39, 0.29) is 55.2 Å². The SMILES string of the molecule is O=C(Nc1c[nH]c2cc(F)c(F)cc12)c1cn(Cc2cnc(C3CCC(F)(F)CC3)c(F)c2)cn1. The number of H-pyrrole nitrogens is 1. The lowest BCUT2D eigenvalue weighted by Gasteiger charge is -2.28. The number of rotatable bonds is 5.